The van der Waals surface area contributed by atoms with Crippen molar-refractivity contribution in [3.63, 3.8) is 0 Å². The Morgan fingerprint density at radius 1 is 1.14 bits per heavy atom. The van der Waals surface area contributed by atoms with E-state index in [-0.39, 0.29) is 11.1 Å². The molecule has 2 rings (SSSR count). The molecule has 22 heavy (non-hydrogen) atoms. The highest BCUT2D eigenvalue weighted by molar-refractivity contribution is 5.72. The lowest BCUT2D eigenvalue weighted by molar-refractivity contribution is -0.274. The number of benzene rings is 1. The third-order valence-corrected chi connectivity index (χ3v) is 2.64. The number of aryl methyl sites for hydroxylation is 1. The number of hydrogen-bond acceptors (Lipinski definition) is 3. The van der Waals surface area contributed by atoms with Gasteiger partial charge in [0, 0.05) is 18.8 Å². The molecule has 0 fully saturated rings. The van der Waals surface area contributed by atoms with E-state index in [2.05, 4.69) is 9.84 Å². The summed E-state index contributed by atoms with van der Waals surface area (Å²) in [5.41, 5.74) is 3.49. The maximum Gasteiger partial charge on any atom is 0.573 e. The Balaban J connectivity index is 2.45. The van der Waals surface area contributed by atoms with Gasteiger partial charge in [-0.1, -0.05) is 6.07 Å². The van der Waals surface area contributed by atoms with E-state index in [1.165, 1.54) is 7.05 Å². The van der Waals surface area contributed by atoms with Gasteiger partial charge in [0.25, 0.3) is 0 Å². The number of hydrogen-bond donors (Lipinski definition) is 1. The van der Waals surface area contributed by atoms with E-state index in [0.29, 0.717) is 0 Å². The number of alkyl halides is 6. The van der Waals surface area contributed by atoms with Crippen LogP contribution >= 0.6 is 0 Å². The third-order valence-electron chi connectivity index (χ3n) is 2.64. The molecule has 0 amide bonds. The monoisotopic (exact) mass is 325 g/mol. The zero-order valence-electron chi connectivity index (χ0n) is 11.0. The molecule has 0 aliphatic carbocycles. The molecule has 0 saturated carbocycles. The molecule has 0 unspecified atom stereocenters. The topological polar surface area (TPSA) is 53.1 Å². The first-order valence-electron chi connectivity index (χ1n) is 5.74. The molecule has 2 aromatic rings. The summed E-state index contributed by atoms with van der Waals surface area (Å²) >= 11 is 0. The summed E-state index contributed by atoms with van der Waals surface area (Å²) in [6, 6.07) is 2.86. The van der Waals surface area contributed by atoms with E-state index in [1.54, 1.807) is 0 Å². The summed E-state index contributed by atoms with van der Waals surface area (Å²) in [5.74, 6) is -0.686. The number of halogens is 6. The molecule has 1 heterocycles. The Bertz CT molecular complexity index is 689. The first-order valence-corrected chi connectivity index (χ1v) is 5.74. The van der Waals surface area contributed by atoms with Crippen LogP contribution in [0.5, 0.6) is 5.75 Å². The van der Waals surface area contributed by atoms with Crippen molar-refractivity contribution in [2.24, 2.45) is 7.05 Å². The molecule has 120 valence electrons. The summed E-state index contributed by atoms with van der Waals surface area (Å²) in [7, 11) is 1.29. The Hall–Kier alpha value is -2.39. The summed E-state index contributed by atoms with van der Waals surface area (Å²) in [6.45, 7) is 0. The van der Waals surface area contributed by atoms with Crippen LogP contribution in [0.15, 0.2) is 24.4 Å². The van der Waals surface area contributed by atoms with Crippen LogP contribution in [0.3, 0.4) is 0 Å². The van der Waals surface area contributed by atoms with E-state index in [4.69, 9.17) is 5.73 Å². The minimum Gasteiger partial charge on any atom is -0.404 e. The van der Waals surface area contributed by atoms with Gasteiger partial charge in [0.1, 0.15) is 0 Å². The van der Waals surface area contributed by atoms with E-state index < -0.39 is 29.7 Å². The second-order valence-electron chi connectivity index (χ2n) is 4.36. The quantitative estimate of drug-likeness (QED) is 0.678. The Labute approximate surface area is 120 Å². The number of nitrogen functional groups attached to an aromatic ring is 1. The molecular formula is C12H9F6N3O. The second kappa shape index (κ2) is 5.11. The molecule has 2 N–H and O–H groups in total. The van der Waals surface area contributed by atoms with E-state index in [9.17, 15) is 26.3 Å². The smallest absolute Gasteiger partial charge is 0.404 e. The van der Waals surface area contributed by atoms with Crippen LogP contribution in [0.1, 0.15) is 5.69 Å². The second-order valence-corrected chi connectivity index (χ2v) is 4.36. The fourth-order valence-electron chi connectivity index (χ4n) is 1.84. The summed E-state index contributed by atoms with van der Waals surface area (Å²) in [4.78, 5) is 0. The number of nitrogens with zero attached hydrogens (tertiary/aromatic N) is 2. The van der Waals surface area contributed by atoms with Crippen LogP contribution in [0.2, 0.25) is 0 Å². The maximum atomic E-state index is 12.9. The Morgan fingerprint density at radius 3 is 2.27 bits per heavy atom. The molecule has 1 aromatic heterocycles. The average Bonchev–Trinajstić information content (AvgIpc) is 2.72. The van der Waals surface area contributed by atoms with Crippen molar-refractivity contribution in [1.29, 1.82) is 0 Å². The van der Waals surface area contributed by atoms with E-state index in [0.717, 1.165) is 29.1 Å². The first-order chi connectivity index (χ1) is 9.97. The van der Waals surface area contributed by atoms with Gasteiger partial charge in [0.05, 0.1) is 5.69 Å². The molecule has 10 heteroatoms. The lowest BCUT2D eigenvalue weighted by Gasteiger charge is -2.12. The Kier molecular flexibility index (Phi) is 3.71. The predicted octanol–water partition coefficient (Wildman–Crippen LogP) is 3.59. The molecule has 1 aromatic carbocycles. The van der Waals surface area contributed by atoms with Crippen LogP contribution in [0, 0.1) is 0 Å². The van der Waals surface area contributed by atoms with Crippen LogP contribution in [0.25, 0.3) is 11.1 Å². The number of nitrogens with two attached hydrogens (primary N) is 1. The largest absolute Gasteiger partial charge is 0.573 e. The van der Waals surface area contributed by atoms with Crippen molar-refractivity contribution < 1.29 is 31.1 Å². The van der Waals surface area contributed by atoms with Crippen LogP contribution < -0.4 is 10.5 Å². The summed E-state index contributed by atoms with van der Waals surface area (Å²) in [6.07, 6.45) is -8.55. The van der Waals surface area contributed by atoms with E-state index in [1.807, 2.05) is 0 Å². The van der Waals surface area contributed by atoms with Gasteiger partial charge in [-0.2, -0.15) is 18.3 Å². The fourth-order valence-corrected chi connectivity index (χ4v) is 1.84. The number of anilines is 1. The molecule has 0 bridgehead atoms. The third kappa shape index (κ3) is 3.43. The maximum absolute atomic E-state index is 12.9. The van der Waals surface area contributed by atoms with Crippen LogP contribution in [-0.2, 0) is 13.2 Å². The van der Waals surface area contributed by atoms with Gasteiger partial charge in [-0.3, -0.25) is 4.68 Å². The van der Waals surface area contributed by atoms with Gasteiger partial charge in [-0.25, -0.2) is 0 Å². The van der Waals surface area contributed by atoms with Gasteiger partial charge >= 0.3 is 12.5 Å². The minimum absolute atomic E-state index is 0.0209. The Morgan fingerprint density at radius 2 is 1.77 bits per heavy atom. The standard InChI is InChI=1S/C12H9F6N3O/c1-21-5-7(10(20-21)11(13,14)15)6-2-3-9(8(19)4-6)22-12(16,17)18/h2-5H,19H2,1H3. The van der Waals surface area contributed by atoms with Gasteiger partial charge < -0.3 is 10.5 Å². The van der Waals surface area contributed by atoms with E-state index >= 15 is 0 Å². The summed E-state index contributed by atoms with van der Waals surface area (Å²) < 4.78 is 79.6. The number of rotatable bonds is 2. The van der Waals surface area contributed by atoms with Gasteiger partial charge in [-0.15, -0.1) is 13.2 Å². The average molecular weight is 325 g/mol. The summed E-state index contributed by atoms with van der Waals surface area (Å²) in [5, 5.41) is 3.31. The zero-order chi connectivity index (χ0) is 16.7. The lowest BCUT2D eigenvalue weighted by Crippen LogP contribution is -2.18. The zero-order valence-corrected chi connectivity index (χ0v) is 11.0. The highest BCUT2D eigenvalue weighted by Gasteiger charge is 2.37. The molecule has 0 spiro atoms. The van der Waals surface area contributed by atoms with Gasteiger partial charge in [0.15, 0.2) is 11.4 Å². The molecule has 0 saturated heterocycles. The van der Waals surface area contributed by atoms with Crippen molar-refractivity contribution in [2.75, 3.05) is 5.73 Å². The molecule has 0 aliphatic heterocycles. The SMILES string of the molecule is Cn1cc(-c2ccc(OC(F)(F)F)c(N)c2)c(C(F)(F)F)n1. The van der Waals surface area contributed by atoms with Crippen LogP contribution in [0.4, 0.5) is 32.0 Å². The van der Waals surface area contributed by atoms with Crippen molar-refractivity contribution in [3.05, 3.63) is 30.1 Å². The van der Waals surface area contributed by atoms with Crippen molar-refractivity contribution >= 4 is 5.69 Å². The molecule has 0 radical (unpaired) electrons. The van der Waals surface area contributed by atoms with Gasteiger partial charge in [0.2, 0.25) is 0 Å². The van der Waals surface area contributed by atoms with Crippen molar-refractivity contribution in [1.82, 2.24) is 9.78 Å². The molecular weight excluding hydrogens is 316 g/mol. The van der Waals surface area contributed by atoms with Crippen LogP contribution in [-0.4, -0.2) is 16.1 Å². The highest BCUT2D eigenvalue weighted by atomic mass is 19.4. The number of aromatic nitrogens is 2. The molecule has 0 atom stereocenters. The highest BCUT2D eigenvalue weighted by Crippen LogP contribution is 2.38. The van der Waals surface area contributed by atoms with Crippen molar-refractivity contribution in [2.45, 2.75) is 12.5 Å². The molecule has 4 nitrogen and oxygen atoms in total. The predicted molar refractivity (Wildman–Crippen MR) is 64.7 cm³/mol. The van der Waals surface area contributed by atoms with Crippen molar-refractivity contribution in [3.8, 4) is 16.9 Å². The normalized spacial score (nSPS) is 12.5. The number of ether oxygens (including phenoxy) is 1. The molecule has 0 aliphatic rings. The van der Waals surface area contributed by atoms with Gasteiger partial charge in [-0.05, 0) is 17.7 Å². The lowest BCUT2D eigenvalue weighted by atomic mass is 10.1. The fraction of sp³-hybridized carbons (Fsp3) is 0.250. The minimum atomic E-state index is -4.94. The first kappa shape index (κ1) is 16.0.